The number of carbonyl (C=O) groups is 2. The van der Waals surface area contributed by atoms with Crippen LogP contribution < -0.4 is 15.4 Å². The molecule has 0 aliphatic rings. The Hall–Kier alpha value is -3.60. The average Bonchev–Trinajstić information content (AvgIpc) is 2.76. The van der Waals surface area contributed by atoms with Gasteiger partial charge in [-0.15, -0.1) is 0 Å². The number of nitrogens with one attached hydrogen (secondary N) is 2. The molecule has 0 fully saturated rings. The number of hydrogen-bond acceptors (Lipinski definition) is 3. The number of methoxy groups -OCH3 is 1. The van der Waals surface area contributed by atoms with Gasteiger partial charge in [0.2, 0.25) is 0 Å². The van der Waals surface area contributed by atoms with Gasteiger partial charge in [0.1, 0.15) is 5.75 Å². The number of ether oxygens (including phenoxy) is 1. The van der Waals surface area contributed by atoms with Crippen LogP contribution in [0.15, 0.2) is 78.9 Å². The smallest absolute Gasteiger partial charge is 0.251 e. The van der Waals surface area contributed by atoms with Gasteiger partial charge in [-0.2, -0.15) is 0 Å². The van der Waals surface area contributed by atoms with Gasteiger partial charge < -0.3 is 15.4 Å². The molecule has 0 unspecified atom stereocenters. The molecular weight excluding hydrogens is 352 g/mol. The van der Waals surface area contributed by atoms with Crippen LogP contribution in [-0.2, 0) is 13.1 Å². The first-order chi connectivity index (χ1) is 13.7. The molecule has 2 amide bonds. The Kier molecular flexibility index (Phi) is 6.41. The summed E-state index contributed by atoms with van der Waals surface area (Å²) in [5, 5.41) is 5.74. The van der Waals surface area contributed by atoms with E-state index in [0.717, 1.165) is 16.9 Å². The molecule has 0 spiro atoms. The van der Waals surface area contributed by atoms with Crippen LogP contribution in [0.5, 0.6) is 5.75 Å². The lowest BCUT2D eigenvalue weighted by molar-refractivity contribution is 0.0939. The van der Waals surface area contributed by atoms with E-state index < -0.39 is 0 Å². The van der Waals surface area contributed by atoms with Crippen LogP contribution in [0.25, 0.3) is 0 Å². The highest BCUT2D eigenvalue weighted by Crippen LogP contribution is 2.17. The Morgan fingerprint density at radius 3 is 1.86 bits per heavy atom. The highest BCUT2D eigenvalue weighted by Gasteiger charge is 2.10. The summed E-state index contributed by atoms with van der Waals surface area (Å²) in [6, 6.07) is 23.8. The van der Waals surface area contributed by atoms with Crippen LogP contribution >= 0.6 is 0 Å². The third kappa shape index (κ3) is 4.98. The van der Waals surface area contributed by atoms with Gasteiger partial charge in [-0.1, -0.05) is 48.5 Å². The molecule has 3 aromatic rings. The largest absolute Gasteiger partial charge is 0.496 e. The number of carbonyl (C=O) groups excluding carboxylic acids is 2. The van der Waals surface area contributed by atoms with Crippen molar-refractivity contribution in [1.82, 2.24) is 10.6 Å². The van der Waals surface area contributed by atoms with Crippen LogP contribution in [0.2, 0.25) is 0 Å². The third-order valence-electron chi connectivity index (χ3n) is 4.34. The van der Waals surface area contributed by atoms with Gasteiger partial charge in [-0.25, -0.2) is 0 Å². The predicted molar refractivity (Wildman–Crippen MR) is 108 cm³/mol. The van der Waals surface area contributed by atoms with Crippen molar-refractivity contribution in [1.29, 1.82) is 0 Å². The average molecular weight is 374 g/mol. The first-order valence-electron chi connectivity index (χ1n) is 8.99. The van der Waals surface area contributed by atoms with Gasteiger partial charge in [-0.05, 0) is 35.9 Å². The Morgan fingerprint density at radius 1 is 0.714 bits per heavy atom. The predicted octanol–water partition coefficient (Wildman–Crippen LogP) is 3.56. The fourth-order valence-electron chi connectivity index (χ4n) is 2.78. The maximum absolute atomic E-state index is 12.4. The van der Waals surface area contributed by atoms with Crippen LogP contribution in [0.1, 0.15) is 31.8 Å². The molecule has 0 saturated heterocycles. The van der Waals surface area contributed by atoms with E-state index >= 15 is 0 Å². The second-order valence-corrected chi connectivity index (χ2v) is 6.24. The summed E-state index contributed by atoms with van der Waals surface area (Å²) >= 11 is 0. The molecule has 0 saturated carbocycles. The van der Waals surface area contributed by atoms with E-state index in [1.807, 2.05) is 54.6 Å². The first-order valence-corrected chi connectivity index (χ1v) is 8.99. The van der Waals surface area contributed by atoms with Crippen molar-refractivity contribution in [2.45, 2.75) is 13.1 Å². The van der Waals surface area contributed by atoms with Crippen molar-refractivity contribution >= 4 is 11.8 Å². The van der Waals surface area contributed by atoms with Crippen molar-refractivity contribution in [2.75, 3.05) is 7.11 Å². The lowest BCUT2D eigenvalue weighted by atomic mass is 10.1. The Morgan fingerprint density at radius 2 is 1.25 bits per heavy atom. The minimum absolute atomic E-state index is 0.176. The number of amides is 2. The van der Waals surface area contributed by atoms with E-state index in [0.29, 0.717) is 24.2 Å². The summed E-state index contributed by atoms with van der Waals surface area (Å²) in [4.78, 5) is 24.6. The van der Waals surface area contributed by atoms with E-state index in [9.17, 15) is 9.59 Å². The molecule has 28 heavy (non-hydrogen) atoms. The second kappa shape index (κ2) is 9.37. The quantitative estimate of drug-likeness (QED) is 0.665. The highest BCUT2D eigenvalue weighted by atomic mass is 16.5. The topological polar surface area (TPSA) is 67.4 Å². The third-order valence-corrected chi connectivity index (χ3v) is 4.34. The lowest BCUT2D eigenvalue weighted by Crippen LogP contribution is -2.24. The monoisotopic (exact) mass is 374 g/mol. The molecule has 0 atom stereocenters. The van der Waals surface area contributed by atoms with Gasteiger partial charge in [0.05, 0.1) is 7.11 Å². The molecule has 0 aliphatic heterocycles. The zero-order valence-electron chi connectivity index (χ0n) is 15.6. The fraction of sp³-hybridized carbons (Fsp3) is 0.130. The van der Waals surface area contributed by atoms with E-state index in [1.54, 1.807) is 31.4 Å². The van der Waals surface area contributed by atoms with Crippen LogP contribution in [0, 0.1) is 0 Å². The molecular formula is C23H22N2O3. The van der Waals surface area contributed by atoms with Crippen LogP contribution in [0.3, 0.4) is 0 Å². The number of benzene rings is 3. The maximum atomic E-state index is 12.4. The van der Waals surface area contributed by atoms with Crippen molar-refractivity contribution in [2.24, 2.45) is 0 Å². The Balaban J connectivity index is 1.55. The van der Waals surface area contributed by atoms with Gasteiger partial charge in [0.25, 0.3) is 11.8 Å². The first kappa shape index (κ1) is 19.2. The minimum Gasteiger partial charge on any atom is -0.496 e. The van der Waals surface area contributed by atoms with Crippen LogP contribution in [-0.4, -0.2) is 18.9 Å². The molecule has 5 heteroatoms. The van der Waals surface area contributed by atoms with Gasteiger partial charge in [-0.3, -0.25) is 9.59 Å². The van der Waals surface area contributed by atoms with E-state index in [4.69, 9.17) is 4.74 Å². The molecule has 0 radical (unpaired) electrons. The van der Waals surface area contributed by atoms with Gasteiger partial charge >= 0.3 is 0 Å². The van der Waals surface area contributed by atoms with Crippen molar-refractivity contribution in [3.63, 3.8) is 0 Å². The number of rotatable bonds is 7. The molecule has 0 bridgehead atoms. The zero-order valence-corrected chi connectivity index (χ0v) is 15.6. The van der Waals surface area contributed by atoms with Crippen molar-refractivity contribution in [3.05, 3.63) is 101 Å². The highest BCUT2D eigenvalue weighted by molar-refractivity contribution is 5.97. The molecule has 3 aromatic carbocycles. The van der Waals surface area contributed by atoms with E-state index in [-0.39, 0.29) is 11.8 Å². The Bertz CT molecular complexity index is 938. The molecule has 142 valence electrons. The molecule has 0 aromatic heterocycles. The van der Waals surface area contributed by atoms with Crippen molar-refractivity contribution < 1.29 is 14.3 Å². The number of para-hydroxylation sites is 1. The summed E-state index contributed by atoms with van der Waals surface area (Å²) in [5.74, 6) is 0.347. The number of hydrogen-bond donors (Lipinski definition) is 2. The summed E-state index contributed by atoms with van der Waals surface area (Å²) < 4.78 is 5.28. The lowest BCUT2D eigenvalue weighted by Gasteiger charge is -2.10. The standard InChI is InChI=1S/C23H22N2O3/c1-28-21-10-6-5-9-20(21)16-25-23(27)19-13-11-18(12-14-19)22(26)24-15-17-7-3-2-4-8-17/h2-14H,15-16H2,1H3,(H,24,26)(H,25,27). The zero-order chi connectivity index (χ0) is 19.8. The van der Waals surface area contributed by atoms with E-state index in [2.05, 4.69) is 10.6 Å². The second-order valence-electron chi connectivity index (χ2n) is 6.24. The summed E-state index contributed by atoms with van der Waals surface area (Å²) in [6.45, 7) is 0.822. The molecule has 5 nitrogen and oxygen atoms in total. The Labute approximate surface area is 164 Å². The van der Waals surface area contributed by atoms with Crippen LogP contribution in [0.4, 0.5) is 0 Å². The van der Waals surface area contributed by atoms with Gasteiger partial charge in [0.15, 0.2) is 0 Å². The molecule has 0 heterocycles. The summed E-state index contributed by atoms with van der Waals surface area (Å²) in [6.07, 6.45) is 0. The molecule has 3 rings (SSSR count). The molecule has 2 N–H and O–H groups in total. The fourth-order valence-corrected chi connectivity index (χ4v) is 2.78. The van der Waals surface area contributed by atoms with Gasteiger partial charge in [0, 0.05) is 29.8 Å². The summed E-state index contributed by atoms with van der Waals surface area (Å²) in [5.41, 5.74) is 2.94. The SMILES string of the molecule is COc1ccccc1CNC(=O)c1ccc(C(=O)NCc2ccccc2)cc1. The van der Waals surface area contributed by atoms with Crippen molar-refractivity contribution in [3.8, 4) is 5.75 Å². The van der Waals surface area contributed by atoms with E-state index in [1.165, 1.54) is 0 Å². The minimum atomic E-state index is -0.206. The normalized spacial score (nSPS) is 10.2. The summed E-state index contributed by atoms with van der Waals surface area (Å²) in [7, 11) is 1.60. The molecule has 0 aliphatic carbocycles. The maximum Gasteiger partial charge on any atom is 0.251 e.